The van der Waals surface area contributed by atoms with Gasteiger partial charge in [0.15, 0.2) is 0 Å². The molecular weight excluding hydrogens is 228 g/mol. The first-order chi connectivity index (χ1) is 8.32. The van der Waals surface area contributed by atoms with Crippen LogP contribution in [0.25, 0.3) is 4.85 Å². The number of hydrogen-bond donors (Lipinski definition) is 0. The van der Waals surface area contributed by atoms with E-state index in [1.54, 1.807) is 11.0 Å². The van der Waals surface area contributed by atoms with Gasteiger partial charge in [-0.25, -0.2) is 11.4 Å². The third-order valence-electron chi connectivity index (χ3n) is 3.11. The van der Waals surface area contributed by atoms with Crippen LogP contribution in [0.1, 0.15) is 40.0 Å². The number of carbonyl (C=O) groups is 1. The fraction of sp³-hybridized carbons (Fsp3) is 0.714. The zero-order valence-electron chi connectivity index (χ0n) is 11.5. The highest BCUT2D eigenvalue weighted by atomic mass is 16.6. The topological polar surface area (TPSA) is 33.9 Å². The van der Waals surface area contributed by atoms with Gasteiger partial charge in [0, 0.05) is 32.4 Å². The Morgan fingerprint density at radius 2 is 2.06 bits per heavy atom. The summed E-state index contributed by atoms with van der Waals surface area (Å²) in [6, 6.07) is 0. The van der Waals surface area contributed by atoms with Crippen molar-refractivity contribution in [2.24, 2.45) is 0 Å². The Kier molecular flexibility index (Phi) is 4.39. The van der Waals surface area contributed by atoms with Gasteiger partial charge in [0.25, 0.3) is 0 Å². The molecule has 1 heterocycles. The van der Waals surface area contributed by atoms with Crippen LogP contribution in [-0.2, 0) is 4.74 Å². The molecule has 4 nitrogen and oxygen atoms in total. The van der Waals surface area contributed by atoms with Gasteiger partial charge < -0.3 is 14.5 Å². The maximum Gasteiger partial charge on any atom is 0.410 e. The van der Waals surface area contributed by atoms with Crippen LogP contribution in [0, 0.1) is 6.57 Å². The van der Waals surface area contributed by atoms with E-state index in [-0.39, 0.29) is 11.6 Å². The zero-order chi connectivity index (χ0) is 13.8. The van der Waals surface area contributed by atoms with Gasteiger partial charge in [-0.05, 0) is 20.8 Å². The minimum absolute atomic E-state index is 0.278. The molecule has 1 saturated heterocycles. The van der Waals surface area contributed by atoms with Gasteiger partial charge in [-0.3, -0.25) is 0 Å². The summed E-state index contributed by atoms with van der Waals surface area (Å²) in [6.45, 7) is 17.8. The van der Waals surface area contributed by atoms with Gasteiger partial charge in [0.1, 0.15) is 5.60 Å². The predicted octanol–water partition coefficient (Wildman–Crippen LogP) is 3.25. The number of amides is 1. The van der Waals surface area contributed by atoms with Crippen LogP contribution < -0.4 is 0 Å². The molecule has 1 aliphatic heterocycles. The smallest absolute Gasteiger partial charge is 0.410 e. The molecule has 0 atom stereocenters. The van der Waals surface area contributed by atoms with Crippen LogP contribution in [0.5, 0.6) is 0 Å². The van der Waals surface area contributed by atoms with E-state index in [9.17, 15) is 4.79 Å². The van der Waals surface area contributed by atoms with Crippen molar-refractivity contribution < 1.29 is 9.53 Å². The summed E-state index contributed by atoms with van der Waals surface area (Å²) in [5, 5.41) is 0. The SMILES string of the molecule is [C-]#[N+]C1(CC=C)CCN(C(=O)OC(C)(C)C)CC1. The summed E-state index contributed by atoms with van der Waals surface area (Å²) in [4.78, 5) is 17.3. The molecule has 0 radical (unpaired) electrons. The van der Waals surface area contributed by atoms with Crippen molar-refractivity contribution in [2.75, 3.05) is 13.1 Å². The minimum atomic E-state index is -0.466. The molecule has 0 aliphatic carbocycles. The van der Waals surface area contributed by atoms with Crippen LogP contribution in [0.15, 0.2) is 12.7 Å². The maximum atomic E-state index is 11.9. The standard InChI is InChI=1S/C14H22N2O2/c1-6-7-14(15-5)8-10-16(11-9-14)12(17)18-13(2,3)4/h6H,1,7-11H2,2-4H3. The molecule has 0 N–H and O–H groups in total. The van der Waals surface area contributed by atoms with Crippen LogP contribution in [0.4, 0.5) is 4.79 Å². The van der Waals surface area contributed by atoms with E-state index in [1.165, 1.54) is 0 Å². The Balaban J connectivity index is 2.56. The van der Waals surface area contributed by atoms with Crippen molar-refractivity contribution in [1.29, 1.82) is 0 Å². The molecule has 1 aliphatic rings. The molecule has 1 rings (SSSR count). The van der Waals surface area contributed by atoms with Crippen molar-refractivity contribution in [1.82, 2.24) is 4.90 Å². The summed E-state index contributed by atoms with van der Waals surface area (Å²) < 4.78 is 5.33. The van der Waals surface area contributed by atoms with Crippen LogP contribution in [0.2, 0.25) is 0 Å². The quantitative estimate of drug-likeness (QED) is 0.557. The monoisotopic (exact) mass is 250 g/mol. The van der Waals surface area contributed by atoms with Crippen molar-refractivity contribution in [3.63, 3.8) is 0 Å². The fourth-order valence-electron chi connectivity index (χ4n) is 2.06. The van der Waals surface area contributed by atoms with Gasteiger partial charge in [-0.15, -0.1) is 6.58 Å². The molecule has 4 heteroatoms. The van der Waals surface area contributed by atoms with E-state index in [0.717, 1.165) is 0 Å². The van der Waals surface area contributed by atoms with Gasteiger partial charge in [-0.2, -0.15) is 0 Å². The van der Waals surface area contributed by atoms with Gasteiger partial charge in [0.05, 0.1) is 0 Å². The Morgan fingerprint density at radius 1 is 1.50 bits per heavy atom. The maximum absolute atomic E-state index is 11.9. The van der Waals surface area contributed by atoms with E-state index in [2.05, 4.69) is 11.4 Å². The molecule has 18 heavy (non-hydrogen) atoms. The number of ether oxygens (including phenoxy) is 1. The lowest BCUT2D eigenvalue weighted by molar-refractivity contribution is 0.0184. The van der Waals surface area contributed by atoms with E-state index in [1.807, 2.05) is 20.8 Å². The molecule has 1 fully saturated rings. The molecule has 100 valence electrons. The molecule has 0 aromatic rings. The average Bonchev–Trinajstić information content (AvgIpc) is 2.28. The first kappa shape index (κ1) is 14.6. The van der Waals surface area contributed by atoms with E-state index >= 15 is 0 Å². The number of rotatable bonds is 2. The number of carbonyl (C=O) groups excluding carboxylic acids is 1. The van der Waals surface area contributed by atoms with E-state index in [0.29, 0.717) is 32.4 Å². The number of hydrogen-bond acceptors (Lipinski definition) is 2. The van der Waals surface area contributed by atoms with Crippen LogP contribution in [-0.4, -0.2) is 35.2 Å². The lowest BCUT2D eigenvalue weighted by Gasteiger charge is -2.34. The fourth-order valence-corrected chi connectivity index (χ4v) is 2.06. The normalized spacial score (nSPS) is 18.9. The highest BCUT2D eigenvalue weighted by molar-refractivity contribution is 5.68. The number of piperidine rings is 1. The van der Waals surface area contributed by atoms with Crippen molar-refractivity contribution in [2.45, 2.75) is 51.2 Å². The second-order valence-corrected chi connectivity index (χ2v) is 5.80. The molecular formula is C14H22N2O2. The lowest BCUT2D eigenvalue weighted by Crippen LogP contribution is -2.46. The molecule has 1 amide bonds. The first-order valence-electron chi connectivity index (χ1n) is 6.29. The number of nitrogens with zero attached hydrogens (tertiary/aromatic N) is 2. The van der Waals surface area contributed by atoms with Crippen LogP contribution in [0.3, 0.4) is 0 Å². The molecule has 0 saturated carbocycles. The summed E-state index contributed by atoms with van der Waals surface area (Å²) >= 11 is 0. The second-order valence-electron chi connectivity index (χ2n) is 5.80. The summed E-state index contributed by atoms with van der Waals surface area (Å²) in [5.41, 5.74) is -0.827. The molecule has 0 spiro atoms. The molecule has 0 bridgehead atoms. The van der Waals surface area contributed by atoms with Gasteiger partial charge >= 0.3 is 6.09 Å². The predicted molar refractivity (Wildman–Crippen MR) is 71.2 cm³/mol. The van der Waals surface area contributed by atoms with Crippen molar-refractivity contribution in [3.8, 4) is 0 Å². The lowest BCUT2D eigenvalue weighted by atomic mass is 9.85. The second kappa shape index (κ2) is 5.43. The van der Waals surface area contributed by atoms with E-state index in [4.69, 9.17) is 11.3 Å². The third kappa shape index (κ3) is 3.76. The first-order valence-corrected chi connectivity index (χ1v) is 6.29. The highest BCUT2D eigenvalue weighted by Gasteiger charge is 2.41. The third-order valence-corrected chi connectivity index (χ3v) is 3.11. The minimum Gasteiger partial charge on any atom is -0.444 e. The van der Waals surface area contributed by atoms with Crippen molar-refractivity contribution in [3.05, 3.63) is 24.1 Å². The molecule has 0 aromatic carbocycles. The van der Waals surface area contributed by atoms with Gasteiger partial charge in [-0.1, -0.05) is 6.08 Å². The summed E-state index contributed by atoms with van der Waals surface area (Å²) in [5.74, 6) is 0. The van der Waals surface area contributed by atoms with Crippen LogP contribution >= 0.6 is 0 Å². The summed E-state index contributed by atoms with van der Waals surface area (Å²) in [6.07, 6.45) is 3.60. The largest absolute Gasteiger partial charge is 0.444 e. The van der Waals surface area contributed by atoms with Gasteiger partial charge in [0.2, 0.25) is 5.54 Å². The molecule has 0 aromatic heterocycles. The Labute approximate surface area is 109 Å². The number of likely N-dealkylation sites (tertiary alicyclic amines) is 1. The Bertz CT molecular complexity index is 355. The average molecular weight is 250 g/mol. The highest BCUT2D eigenvalue weighted by Crippen LogP contribution is 2.30. The molecule has 0 unspecified atom stereocenters. The summed E-state index contributed by atoms with van der Waals surface area (Å²) in [7, 11) is 0. The van der Waals surface area contributed by atoms with Crippen molar-refractivity contribution >= 4 is 6.09 Å². The Morgan fingerprint density at radius 3 is 2.44 bits per heavy atom. The van der Waals surface area contributed by atoms with E-state index < -0.39 is 5.60 Å². The zero-order valence-corrected chi connectivity index (χ0v) is 11.5. The Hall–Kier alpha value is -1.50.